The highest BCUT2D eigenvalue weighted by atomic mass is 16.2. The van der Waals surface area contributed by atoms with E-state index in [0.717, 1.165) is 18.8 Å². The zero-order valence-corrected chi connectivity index (χ0v) is 19.9. The molecule has 32 heavy (non-hydrogen) atoms. The molecule has 0 fully saturated rings. The lowest BCUT2D eigenvalue weighted by Gasteiger charge is -2.27. The van der Waals surface area contributed by atoms with Gasteiger partial charge in [0.2, 0.25) is 5.91 Å². The molecule has 0 spiro atoms. The number of rotatable bonds is 9. The molecule has 2 aromatic rings. The number of carbonyl (C=O) groups excluding carboxylic acids is 2. The van der Waals surface area contributed by atoms with E-state index in [9.17, 15) is 9.59 Å². The molecule has 0 aliphatic carbocycles. The molecule has 1 aliphatic rings. The van der Waals surface area contributed by atoms with Crippen molar-refractivity contribution < 1.29 is 9.59 Å². The van der Waals surface area contributed by atoms with Gasteiger partial charge in [0.1, 0.15) is 0 Å². The number of para-hydroxylation sites is 1. The van der Waals surface area contributed by atoms with Crippen molar-refractivity contribution in [3.8, 4) is 0 Å². The Morgan fingerprint density at radius 1 is 0.938 bits per heavy atom. The molecule has 0 bridgehead atoms. The molecule has 0 radical (unpaired) electrons. The highest BCUT2D eigenvalue weighted by molar-refractivity contribution is 6.04. The Bertz CT molecular complexity index is 955. The lowest BCUT2D eigenvalue weighted by atomic mass is 10.1. The number of anilines is 2. The van der Waals surface area contributed by atoms with Gasteiger partial charge >= 0.3 is 0 Å². The fraction of sp³-hybridized carbons (Fsp3) is 0.462. The fourth-order valence-electron chi connectivity index (χ4n) is 3.87. The largest absolute Gasteiger partial charge is 0.376 e. The van der Waals surface area contributed by atoms with Crippen LogP contribution in [-0.2, 0) is 17.9 Å². The lowest BCUT2D eigenvalue weighted by molar-refractivity contribution is -0.114. The summed E-state index contributed by atoms with van der Waals surface area (Å²) >= 11 is 0. The normalized spacial score (nSPS) is 14.3. The third kappa shape index (κ3) is 5.88. The minimum Gasteiger partial charge on any atom is -0.376 e. The van der Waals surface area contributed by atoms with Gasteiger partial charge in [-0.15, -0.1) is 0 Å². The van der Waals surface area contributed by atoms with Gasteiger partial charge in [-0.1, -0.05) is 52.0 Å². The van der Waals surface area contributed by atoms with Crippen molar-refractivity contribution in [3.63, 3.8) is 0 Å². The quantitative estimate of drug-likeness (QED) is 0.542. The zero-order chi connectivity index (χ0) is 23.3. The van der Waals surface area contributed by atoms with Crippen LogP contribution in [-0.4, -0.2) is 35.8 Å². The van der Waals surface area contributed by atoms with Crippen LogP contribution in [0.25, 0.3) is 0 Å². The van der Waals surface area contributed by atoms with Crippen molar-refractivity contribution >= 4 is 23.2 Å². The van der Waals surface area contributed by atoms with Crippen LogP contribution in [0.4, 0.5) is 11.4 Å². The second-order valence-electron chi connectivity index (χ2n) is 9.38. The summed E-state index contributed by atoms with van der Waals surface area (Å²) in [6, 6.07) is 13.8. The predicted octanol–water partition coefficient (Wildman–Crippen LogP) is 4.48. The van der Waals surface area contributed by atoms with Crippen LogP contribution in [0.3, 0.4) is 0 Å². The number of fused-ring (bicyclic) bond motifs is 1. The minimum atomic E-state index is -0.183. The molecule has 0 saturated carbocycles. The summed E-state index contributed by atoms with van der Waals surface area (Å²) in [5, 5.41) is 9.10. The van der Waals surface area contributed by atoms with Gasteiger partial charge in [0, 0.05) is 31.4 Å². The Morgan fingerprint density at radius 3 is 2.38 bits per heavy atom. The van der Waals surface area contributed by atoms with E-state index in [0.29, 0.717) is 35.7 Å². The first-order valence-corrected chi connectivity index (χ1v) is 11.5. The molecule has 0 aromatic heterocycles. The summed E-state index contributed by atoms with van der Waals surface area (Å²) < 4.78 is 0. The molecular formula is C26H36N4O2. The monoisotopic (exact) mass is 436 g/mol. The Hall–Kier alpha value is -2.86. The third-order valence-corrected chi connectivity index (χ3v) is 6.10. The van der Waals surface area contributed by atoms with Gasteiger partial charge in [0.25, 0.3) is 5.91 Å². The van der Waals surface area contributed by atoms with Gasteiger partial charge in [-0.3, -0.25) is 14.5 Å². The summed E-state index contributed by atoms with van der Waals surface area (Å²) in [7, 11) is 0. The van der Waals surface area contributed by atoms with E-state index in [-0.39, 0.29) is 18.4 Å². The van der Waals surface area contributed by atoms with Crippen LogP contribution in [0.1, 0.15) is 56.1 Å². The highest BCUT2D eigenvalue weighted by Crippen LogP contribution is 2.31. The van der Waals surface area contributed by atoms with E-state index in [1.54, 1.807) is 18.2 Å². The van der Waals surface area contributed by atoms with Crippen molar-refractivity contribution in [2.75, 3.05) is 23.7 Å². The Balaban J connectivity index is 1.62. The van der Waals surface area contributed by atoms with Crippen molar-refractivity contribution in [1.82, 2.24) is 10.2 Å². The highest BCUT2D eigenvalue weighted by Gasteiger charge is 2.26. The van der Waals surface area contributed by atoms with Crippen molar-refractivity contribution in [2.24, 2.45) is 11.8 Å². The fourth-order valence-corrected chi connectivity index (χ4v) is 3.87. The zero-order valence-electron chi connectivity index (χ0n) is 19.9. The molecule has 1 heterocycles. The summed E-state index contributed by atoms with van der Waals surface area (Å²) in [6.45, 7) is 13.4. The summed E-state index contributed by atoms with van der Waals surface area (Å²) in [6.07, 6.45) is 0. The van der Waals surface area contributed by atoms with Gasteiger partial charge in [-0.05, 0) is 48.1 Å². The number of amides is 2. The Labute approximate surface area is 191 Å². The lowest BCUT2D eigenvalue weighted by Crippen LogP contribution is -2.32. The molecule has 3 rings (SSSR count). The molecule has 3 N–H and O–H groups in total. The molecule has 0 saturated heterocycles. The van der Waals surface area contributed by atoms with Crippen molar-refractivity contribution in [2.45, 2.75) is 53.8 Å². The van der Waals surface area contributed by atoms with E-state index in [2.05, 4.69) is 47.7 Å². The van der Waals surface area contributed by atoms with Crippen LogP contribution in [0.2, 0.25) is 0 Å². The van der Waals surface area contributed by atoms with Crippen LogP contribution in [0, 0.1) is 11.8 Å². The first-order valence-electron chi connectivity index (χ1n) is 11.5. The predicted molar refractivity (Wildman–Crippen MR) is 131 cm³/mol. The maximum Gasteiger partial charge on any atom is 0.253 e. The minimum absolute atomic E-state index is 0.137. The maximum absolute atomic E-state index is 12.7. The summed E-state index contributed by atoms with van der Waals surface area (Å²) in [5.41, 5.74) is 4.58. The van der Waals surface area contributed by atoms with Gasteiger partial charge in [0.05, 0.1) is 17.8 Å². The summed E-state index contributed by atoms with van der Waals surface area (Å²) in [5.74, 6) is 0.584. The number of nitrogens with one attached hydrogen (secondary N) is 3. The topological polar surface area (TPSA) is 73.5 Å². The average Bonchev–Trinajstić information content (AvgIpc) is 3.20. The SMILES string of the molecule is CC(C)CNC(=O)c1ccccc1NC(=O)CNc1cccc2c1CN(C(C)C(C)C)C2. The van der Waals surface area contributed by atoms with Gasteiger partial charge < -0.3 is 16.0 Å². The molecule has 2 amide bonds. The number of carbonyl (C=O) groups is 2. The van der Waals surface area contributed by atoms with Crippen LogP contribution in [0.5, 0.6) is 0 Å². The second kappa shape index (κ2) is 10.6. The Kier molecular flexibility index (Phi) is 7.91. The first kappa shape index (κ1) is 23.8. The average molecular weight is 437 g/mol. The standard InChI is InChI=1S/C26H36N4O2/c1-17(2)13-28-26(32)21-10-6-7-11-24(21)29-25(31)14-27-23-12-8-9-20-15-30(16-22(20)23)19(5)18(3)4/h6-12,17-19,27H,13-16H2,1-5H3,(H,28,32)(H,29,31). The number of hydrogen-bond donors (Lipinski definition) is 3. The molecule has 1 aliphatic heterocycles. The van der Waals surface area contributed by atoms with E-state index in [1.165, 1.54) is 11.1 Å². The smallest absolute Gasteiger partial charge is 0.253 e. The summed E-state index contributed by atoms with van der Waals surface area (Å²) in [4.78, 5) is 27.7. The van der Waals surface area contributed by atoms with Crippen LogP contribution >= 0.6 is 0 Å². The van der Waals surface area contributed by atoms with Crippen molar-refractivity contribution in [3.05, 3.63) is 59.2 Å². The molecule has 2 aromatic carbocycles. The van der Waals surface area contributed by atoms with Crippen LogP contribution < -0.4 is 16.0 Å². The molecule has 172 valence electrons. The van der Waals surface area contributed by atoms with E-state index in [1.807, 2.05) is 32.0 Å². The van der Waals surface area contributed by atoms with E-state index >= 15 is 0 Å². The third-order valence-electron chi connectivity index (χ3n) is 6.10. The molecule has 6 nitrogen and oxygen atoms in total. The second-order valence-corrected chi connectivity index (χ2v) is 9.38. The van der Waals surface area contributed by atoms with Gasteiger partial charge in [-0.25, -0.2) is 0 Å². The van der Waals surface area contributed by atoms with Gasteiger partial charge in [-0.2, -0.15) is 0 Å². The number of nitrogens with zero attached hydrogens (tertiary/aromatic N) is 1. The molecule has 1 atom stereocenters. The number of benzene rings is 2. The van der Waals surface area contributed by atoms with Crippen molar-refractivity contribution in [1.29, 1.82) is 0 Å². The number of hydrogen-bond acceptors (Lipinski definition) is 4. The molecule has 1 unspecified atom stereocenters. The molecule has 6 heteroatoms. The van der Waals surface area contributed by atoms with E-state index < -0.39 is 0 Å². The van der Waals surface area contributed by atoms with Gasteiger partial charge in [0.15, 0.2) is 0 Å². The first-order chi connectivity index (χ1) is 15.3. The molecular weight excluding hydrogens is 400 g/mol. The van der Waals surface area contributed by atoms with E-state index in [4.69, 9.17) is 0 Å². The maximum atomic E-state index is 12.7. The van der Waals surface area contributed by atoms with Crippen LogP contribution in [0.15, 0.2) is 42.5 Å². The Morgan fingerprint density at radius 2 is 1.66 bits per heavy atom.